The van der Waals surface area contributed by atoms with Crippen molar-refractivity contribution in [1.29, 1.82) is 0 Å². The van der Waals surface area contributed by atoms with Gasteiger partial charge in [0.05, 0.1) is 15.5 Å². The lowest BCUT2D eigenvalue weighted by molar-refractivity contribution is -0.385. The molecule has 0 aliphatic rings. The number of nitro groups is 1. The molecule has 0 aliphatic heterocycles. The Morgan fingerprint density at radius 3 is 2.52 bits per heavy atom. The second kappa shape index (κ2) is 7.08. The lowest BCUT2D eigenvalue weighted by Crippen LogP contribution is -2.36. The summed E-state index contributed by atoms with van der Waals surface area (Å²) in [6.07, 6.45) is 0. The number of aryl methyl sites for hydroxylation is 1. The largest absolute Gasteiger partial charge is 0.480 e. The van der Waals surface area contributed by atoms with Crippen molar-refractivity contribution in [1.82, 2.24) is 0 Å². The zero-order valence-electron chi connectivity index (χ0n) is 12.9. The van der Waals surface area contributed by atoms with E-state index in [0.29, 0.717) is 4.31 Å². The highest BCUT2D eigenvalue weighted by Crippen LogP contribution is 2.29. The number of carbonyl (C=O) groups is 1. The summed E-state index contributed by atoms with van der Waals surface area (Å²) in [5.41, 5.74) is -0.116. The maximum atomic E-state index is 13.0. The van der Waals surface area contributed by atoms with Gasteiger partial charge < -0.3 is 5.11 Å². The average Bonchev–Trinajstić information content (AvgIpc) is 2.52. The number of hydrogen-bond acceptors (Lipinski definition) is 5. The minimum absolute atomic E-state index is 0.0424. The monoisotopic (exact) mass is 384 g/mol. The number of halogens is 1. The number of anilines is 1. The predicted molar refractivity (Wildman–Crippen MR) is 91.5 cm³/mol. The molecule has 0 unspecified atom stereocenters. The number of rotatable bonds is 6. The highest BCUT2D eigenvalue weighted by molar-refractivity contribution is 7.93. The van der Waals surface area contributed by atoms with Crippen LogP contribution in [0.15, 0.2) is 47.4 Å². The van der Waals surface area contributed by atoms with Crippen molar-refractivity contribution in [3.63, 3.8) is 0 Å². The van der Waals surface area contributed by atoms with Crippen LogP contribution in [0.1, 0.15) is 5.56 Å². The molecule has 0 fully saturated rings. The van der Waals surface area contributed by atoms with Gasteiger partial charge >= 0.3 is 5.97 Å². The van der Waals surface area contributed by atoms with Gasteiger partial charge in [-0.25, -0.2) is 8.42 Å². The molecule has 0 bridgehead atoms. The summed E-state index contributed by atoms with van der Waals surface area (Å²) in [4.78, 5) is 21.0. The van der Waals surface area contributed by atoms with E-state index in [2.05, 4.69) is 0 Å². The van der Waals surface area contributed by atoms with E-state index >= 15 is 0 Å². The van der Waals surface area contributed by atoms with E-state index in [1.54, 1.807) is 0 Å². The molecule has 0 amide bonds. The molecule has 0 aliphatic carbocycles. The first kappa shape index (κ1) is 18.7. The summed E-state index contributed by atoms with van der Waals surface area (Å²) in [5, 5.41) is 20.2. The number of sulfonamides is 1. The molecular formula is C15H13ClN2O6S. The lowest BCUT2D eigenvalue weighted by Gasteiger charge is -2.23. The van der Waals surface area contributed by atoms with E-state index in [4.69, 9.17) is 16.7 Å². The fourth-order valence-electron chi connectivity index (χ4n) is 2.17. The first-order chi connectivity index (χ1) is 11.6. The van der Waals surface area contributed by atoms with Gasteiger partial charge in [-0.05, 0) is 30.7 Å². The van der Waals surface area contributed by atoms with Crippen LogP contribution in [-0.4, -0.2) is 31.0 Å². The Hall–Kier alpha value is -2.65. The number of benzene rings is 2. The molecule has 0 spiro atoms. The van der Waals surface area contributed by atoms with Gasteiger partial charge in [-0.3, -0.25) is 19.2 Å². The van der Waals surface area contributed by atoms with Gasteiger partial charge in [-0.15, -0.1) is 0 Å². The minimum Gasteiger partial charge on any atom is -0.480 e. The number of hydrogen-bond donors (Lipinski definition) is 1. The maximum absolute atomic E-state index is 13.0. The van der Waals surface area contributed by atoms with Gasteiger partial charge in [-0.2, -0.15) is 0 Å². The molecule has 132 valence electrons. The van der Waals surface area contributed by atoms with E-state index in [0.717, 1.165) is 6.07 Å². The van der Waals surface area contributed by atoms with Gasteiger partial charge in [0.15, 0.2) is 0 Å². The van der Waals surface area contributed by atoms with Crippen LogP contribution in [0, 0.1) is 17.0 Å². The van der Waals surface area contributed by atoms with Crippen LogP contribution in [0.3, 0.4) is 0 Å². The van der Waals surface area contributed by atoms with Crippen molar-refractivity contribution >= 4 is 39.0 Å². The third kappa shape index (κ3) is 4.06. The quantitative estimate of drug-likeness (QED) is 0.604. The van der Waals surface area contributed by atoms with E-state index in [1.807, 2.05) is 0 Å². The van der Waals surface area contributed by atoms with Crippen LogP contribution in [0.2, 0.25) is 5.02 Å². The first-order valence-corrected chi connectivity index (χ1v) is 8.70. The molecule has 2 aromatic carbocycles. The zero-order chi connectivity index (χ0) is 18.8. The molecule has 0 saturated carbocycles. The number of nitrogens with zero attached hydrogens (tertiary/aromatic N) is 2. The molecule has 25 heavy (non-hydrogen) atoms. The number of aliphatic carboxylic acids is 1. The normalized spacial score (nSPS) is 11.1. The molecule has 0 aromatic heterocycles. The highest BCUT2D eigenvalue weighted by Gasteiger charge is 2.30. The Bertz CT molecular complexity index is 945. The maximum Gasteiger partial charge on any atom is 0.324 e. The Morgan fingerprint density at radius 2 is 1.96 bits per heavy atom. The SMILES string of the molecule is Cc1ccc([N+](=O)[O-])cc1S(=O)(=O)N(CC(=O)O)c1cccc(Cl)c1. The standard InChI is InChI=1S/C15H13ClN2O6S/c1-10-5-6-13(18(21)22)8-14(10)25(23,24)17(9-15(19)20)12-4-2-3-11(16)7-12/h2-8H,9H2,1H3,(H,19,20). The van der Waals surface area contributed by atoms with E-state index in [1.165, 1.54) is 43.3 Å². The van der Waals surface area contributed by atoms with Gasteiger partial charge in [0.25, 0.3) is 15.7 Å². The highest BCUT2D eigenvalue weighted by atomic mass is 35.5. The molecule has 1 N–H and O–H groups in total. The molecule has 2 rings (SSSR count). The van der Waals surface area contributed by atoms with Crippen LogP contribution in [0.25, 0.3) is 0 Å². The molecule has 0 atom stereocenters. The van der Waals surface area contributed by atoms with Crippen molar-refractivity contribution < 1.29 is 23.2 Å². The van der Waals surface area contributed by atoms with Crippen LogP contribution < -0.4 is 4.31 Å². The summed E-state index contributed by atoms with van der Waals surface area (Å²) in [6, 6.07) is 9.05. The second-order valence-electron chi connectivity index (χ2n) is 5.09. The molecule has 8 nitrogen and oxygen atoms in total. The number of carboxylic acids is 1. The fraction of sp³-hybridized carbons (Fsp3) is 0.133. The topological polar surface area (TPSA) is 118 Å². The van der Waals surface area contributed by atoms with Crippen molar-refractivity contribution in [2.24, 2.45) is 0 Å². The van der Waals surface area contributed by atoms with Crippen molar-refractivity contribution in [2.75, 3.05) is 10.8 Å². The number of carboxylic acid groups (broad SMARTS) is 1. The Kier molecular flexibility index (Phi) is 5.29. The van der Waals surface area contributed by atoms with Gasteiger partial charge in [-0.1, -0.05) is 23.7 Å². The summed E-state index contributed by atoms with van der Waals surface area (Å²) in [7, 11) is -4.36. The first-order valence-electron chi connectivity index (χ1n) is 6.88. The molecule has 10 heteroatoms. The summed E-state index contributed by atoms with van der Waals surface area (Å²) >= 11 is 5.86. The van der Waals surface area contributed by atoms with Gasteiger partial charge in [0.1, 0.15) is 6.54 Å². The van der Waals surface area contributed by atoms with E-state index < -0.39 is 33.1 Å². The third-order valence-electron chi connectivity index (χ3n) is 3.33. The number of non-ortho nitro benzene ring substituents is 1. The van der Waals surface area contributed by atoms with E-state index in [-0.39, 0.29) is 21.2 Å². The predicted octanol–water partition coefficient (Wildman–Crippen LogP) is 2.84. The van der Waals surface area contributed by atoms with Crippen molar-refractivity contribution in [3.8, 4) is 0 Å². The van der Waals surface area contributed by atoms with Crippen LogP contribution in [-0.2, 0) is 14.8 Å². The molecule has 0 heterocycles. The summed E-state index contributed by atoms with van der Waals surface area (Å²) in [5.74, 6) is -1.38. The summed E-state index contributed by atoms with van der Waals surface area (Å²) < 4.78 is 26.6. The van der Waals surface area contributed by atoms with Crippen molar-refractivity contribution in [3.05, 3.63) is 63.2 Å². The third-order valence-corrected chi connectivity index (χ3v) is 5.48. The van der Waals surface area contributed by atoms with Crippen LogP contribution in [0.5, 0.6) is 0 Å². The molecule has 0 radical (unpaired) electrons. The Balaban J connectivity index is 2.65. The van der Waals surface area contributed by atoms with Crippen molar-refractivity contribution in [2.45, 2.75) is 11.8 Å². The zero-order valence-corrected chi connectivity index (χ0v) is 14.5. The second-order valence-corrected chi connectivity index (χ2v) is 7.36. The smallest absolute Gasteiger partial charge is 0.324 e. The Labute approximate surface area is 148 Å². The summed E-state index contributed by atoms with van der Waals surface area (Å²) in [6.45, 7) is 0.609. The molecular weight excluding hydrogens is 372 g/mol. The van der Waals surface area contributed by atoms with Gasteiger partial charge in [0, 0.05) is 17.2 Å². The minimum atomic E-state index is -4.36. The molecule has 2 aromatic rings. The number of nitro benzene ring substituents is 1. The lowest BCUT2D eigenvalue weighted by atomic mass is 10.2. The van der Waals surface area contributed by atoms with Gasteiger partial charge in [0.2, 0.25) is 0 Å². The Morgan fingerprint density at radius 1 is 1.28 bits per heavy atom. The van der Waals surface area contributed by atoms with Crippen LogP contribution >= 0.6 is 11.6 Å². The average molecular weight is 385 g/mol. The fourth-order valence-corrected chi connectivity index (χ4v) is 4.01. The van der Waals surface area contributed by atoms with Crippen LogP contribution in [0.4, 0.5) is 11.4 Å². The molecule has 0 saturated heterocycles. The van der Waals surface area contributed by atoms with E-state index in [9.17, 15) is 23.3 Å².